The molecule has 1 atom stereocenters. The van der Waals surface area contributed by atoms with E-state index in [0.29, 0.717) is 4.83 Å². The van der Waals surface area contributed by atoms with E-state index in [-0.39, 0.29) is 0 Å². The van der Waals surface area contributed by atoms with Gasteiger partial charge in [0, 0.05) is 16.4 Å². The van der Waals surface area contributed by atoms with Gasteiger partial charge in [0.25, 0.3) is 0 Å². The van der Waals surface area contributed by atoms with Gasteiger partial charge in [-0.05, 0) is 30.5 Å². The third kappa shape index (κ3) is 2.78. The van der Waals surface area contributed by atoms with Gasteiger partial charge in [-0.2, -0.15) is 0 Å². The molecule has 0 bridgehead atoms. The lowest BCUT2D eigenvalue weighted by atomic mass is 10.1. The molecule has 1 heterocycles. The Morgan fingerprint density at radius 2 is 2.20 bits per heavy atom. The van der Waals surface area contributed by atoms with E-state index in [4.69, 9.17) is 0 Å². The first-order chi connectivity index (χ1) is 7.25. The van der Waals surface area contributed by atoms with Crippen molar-refractivity contribution < 1.29 is 0 Å². The van der Waals surface area contributed by atoms with Crippen LogP contribution < -0.4 is 0 Å². The molecule has 0 saturated heterocycles. The Balaban J connectivity index is 2.23. The van der Waals surface area contributed by atoms with E-state index < -0.39 is 0 Å². The van der Waals surface area contributed by atoms with Crippen LogP contribution in [0.5, 0.6) is 0 Å². The smallest absolute Gasteiger partial charge is 0.0704 e. The van der Waals surface area contributed by atoms with E-state index in [1.165, 1.54) is 17.4 Å². The minimum absolute atomic E-state index is 0.580. The molecule has 0 radical (unpaired) electrons. The minimum atomic E-state index is 0.580. The molecular weight excluding hydrogens is 250 g/mol. The van der Waals surface area contributed by atoms with Gasteiger partial charge in [-0.25, -0.2) is 0 Å². The zero-order valence-electron chi connectivity index (χ0n) is 8.78. The van der Waals surface area contributed by atoms with Crippen molar-refractivity contribution in [2.75, 3.05) is 0 Å². The van der Waals surface area contributed by atoms with Crippen LogP contribution in [0.1, 0.15) is 18.9 Å². The number of halogens is 1. The van der Waals surface area contributed by atoms with Gasteiger partial charge >= 0.3 is 0 Å². The number of aryl methyl sites for hydroxylation is 1. The molecule has 0 spiro atoms. The van der Waals surface area contributed by atoms with Crippen molar-refractivity contribution in [2.45, 2.75) is 24.6 Å². The van der Waals surface area contributed by atoms with Gasteiger partial charge in [0.2, 0.25) is 0 Å². The lowest BCUT2D eigenvalue weighted by molar-refractivity contribution is 0.823. The number of aromatic nitrogens is 1. The molecule has 0 amide bonds. The molecule has 2 aromatic rings. The molecule has 1 aromatic heterocycles. The van der Waals surface area contributed by atoms with Crippen molar-refractivity contribution in [3.63, 3.8) is 0 Å². The number of benzene rings is 1. The van der Waals surface area contributed by atoms with Crippen molar-refractivity contribution in [3.05, 3.63) is 42.1 Å². The lowest BCUT2D eigenvalue weighted by Crippen LogP contribution is -1.94. The first kappa shape index (κ1) is 10.6. The van der Waals surface area contributed by atoms with E-state index in [0.717, 1.165) is 11.9 Å². The van der Waals surface area contributed by atoms with E-state index in [1.54, 1.807) is 0 Å². The predicted molar refractivity (Wildman–Crippen MR) is 68.5 cm³/mol. The number of rotatable bonds is 3. The SMILES string of the molecule is CC(Br)CCc1ccc2cccnc2c1. The second kappa shape index (κ2) is 4.75. The molecule has 0 aliphatic rings. The monoisotopic (exact) mass is 263 g/mol. The topological polar surface area (TPSA) is 12.9 Å². The van der Waals surface area contributed by atoms with Crippen LogP contribution in [0.15, 0.2) is 36.5 Å². The summed E-state index contributed by atoms with van der Waals surface area (Å²) in [5, 5.41) is 1.22. The summed E-state index contributed by atoms with van der Waals surface area (Å²) in [6, 6.07) is 10.6. The van der Waals surface area contributed by atoms with Gasteiger partial charge in [-0.15, -0.1) is 0 Å². The van der Waals surface area contributed by atoms with E-state index in [1.807, 2.05) is 12.3 Å². The van der Waals surface area contributed by atoms with E-state index in [9.17, 15) is 0 Å². The maximum absolute atomic E-state index is 4.36. The first-order valence-electron chi connectivity index (χ1n) is 5.23. The fourth-order valence-corrected chi connectivity index (χ4v) is 1.86. The molecule has 2 heteroatoms. The molecule has 15 heavy (non-hydrogen) atoms. The Morgan fingerprint density at radius 3 is 3.00 bits per heavy atom. The minimum Gasteiger partial charge on any atom is -0.256 e. The molecule has 1 nitrogen and oxygen atoms in total. The summed E-state index contributed by atoms with van der Waals surface area (Å²) < 4.78 is 0. The van der Waals surface area contributed by atoms with Gasteiger partial charge in [0.1, 0.15) is 0 Å². The fraction of sp³-hybridized carbons (Fsp3) is 0.308. The molecule has 1 unspecified atom stereocenters. The Kier molecular flexibility index (Phi) is 3.37. The van der Waals surface area contributed by atoms with Crippen molar-refractivity contribution in [2.24, 2.45) is 0 Å². The van der Waals surface area contributed by atoms with Crippen LogP contribution in [-0.4, -0.2) is 9.81 Å². The van der Waals surface area contributed by atoms with Gasteiger partial charge in [-0.1, -0.05) is 41.1 Å². The molecule has 78 valence electrons. The van der Waals surface area contributed by atoms with Crippen molar-refractivity contribution in [3.8, 4) is 0 Å². The highest BCUT2D eigenvalue weighted by atomic mass is 79.9. The number of hydrogen-bond acceptors (Lipinski definition) is 1. The van der Waals surface area contributed by atoms with Crippen LogP contribution in [0.2, 0.25) is 0 Å². The van der Waals surface area contributed by atoms with Crippen LogP contribution in [0, 0.1) is 0 Å². The number of alkyl halides is 1. The zero-order chi connectivity index (χ0) is 10.7. The summed E-state index contributed by atoms with van der Waals surface area (Å²) >= 11 is 3.57. The summed E-state index contributed by atoms with van der Waals surface area (Å²) in [5.74, 6) is 0. The van der Waals surface area contributed by atoms with Crippen molar-refractivity contribution in [1.82, 2.24) is 4.98 Å². The Morgan fingerprint density at radius 1 is 1.33 bits per heavy atom. The summed E-state index contributed by atoms with van der Waals surface area (Å²) in [7, 11) is 0. The third-order valence-corrected chi connectivity index (χ3v) is 2.96. The summed E-state index contributed by atoms with van der Waals surface area (Å²) in [5.41, 5.74) is 2.46. The largest absolute Gasteiger partial charge is 0.256 e. The van der Waals surface area contributed by atoms with Gasteiger partial charge in [-0.3, -0.25) is 4.98 Å². The van der Waals surface area contributed by atoms with Gasteiger partial charge in [0.05, 0.1) is 5.52 Å². The van der Waals surface area contributed by atoms with Crippen LogP contribution in [0.25, 0.3) is 10.9 Å². The Labute approximate surface area is 98.7 Å². The van der Waals surface area contributed by atoms with Gasteiger partial charge in [0.15, 0.2) is 0 Å². The highest BCUT2D eigenvalue weighted by Gasteiger charge is 1.99. The quantitative estimate of drug-likeness (QED) is 0.765. The second-order valence-electron chi connectivity index (χ2n) is 3.85. The zero-order valence-corrected chi connectivity index (χ0v) is 10.4. The van der Waals surface area contributed by atoms with Crippen molar-refractivity contribution in [1.29, 1.82) is 0 Å². The van der Waals surface area contributed by atoms with Crippen LogP contribution >= 0.6 is 15.9 Å². The highest BCUT2D eigenvalue weighted by molar-refractivity contribution is 9.09. The molecule has 0 fully saturated rings. The maximum atomic E-state index is 4.36. The summed E-state index contributed by atoms with van der Waals surface area (Å²) in [4.78, 5) is 4.94. The second-order valence-corrected chi connectivity index (χ2v) is 5.41. The fourth-order valence-electron chi connectivity index (χ4n) is 1.63. The molecule has 0 aliphatic carbocycles. The molecule has 2 rings (SSSR count). The van der Waals surface area contributed by atoms with E-state index in [2.05, 4.69) is 52.1 Å². The number of fused-ring (bicyclic) bond motifs is 1. The van der Waals surface area contributed by atoms with E-state index >= 15 is 0 Å². The Bertz CT molecular complexity index is 451. The Hall–Kier alpha value is -0.890. The number of hydrogen-bond donors (Lipinski definition) is 0. The molecule has 1 aromatic carbocycles. The first-order valence-corrected chi connectivity index (χ1v) is 6.15. The highest BCUT2D eigenvalue weighted by Crippen LogP contribution is 2.16. The van der Waals surface area contributed by atoms with Crippen LogP contribution in [-0.2, 0) is 6.42 Å². The summed E-state index contributed by atoms with van der Waals surface area (Å²) in [6.07, 6.45) is 4.12. The average Bonchev–Trinajstić information content (AvgIpc) is 2.26. The number of pyridine rings is 1. The molecule has 0 aliphatic heterocycles. The maximum Gasteiger partial charge on any atom is 0.0704 e. The molecular formula is C13H14BrN. The van der Waals surface area contributed by atoms with Crippen molar-refractivity contribution >= 4 is 26.8 Å². The summed E-state index contributed by atoms with van der Waals surface area (Å²) in [6.45, 7) is 2.18. The van der Waals surface area contributed by atoms with Gasteiger partial charge < -0.3 is 0 Å². The number of nitrogens with zero attached hydrogens (tertiary/aromatic N) is 1. The molecule has 0 saturated carbocycles. The molecule has 0 N–H and O–H groups in total. The van der Waals surface area contributed by atoms with Crippen LogP contribution in [0.3, 0.4) is 0 Å². The lowest BCUT2D eigenvalue weighted by Gasteiger charge is -2.04. The van der Waals surface area contributed by atoms with Crippen LogP contribution in [0.4, 0.5) is 0 Å². The standard InChI is InChI=1S/C13H14BrN/c1-10(14)4-5-11-6-7-12-3-2-8-15-13(12)9-11/h2-3,6-10H,4-5H2,1H3. The predicted octanol–water partition coefficient (Wildman–Crippen LogP) is 3.95. The average molecular weight is 264 g/mol. The third-order valence-electron chi connectivity index (χ3n) is 2.50. The normalized spacial score (nSPS) is 12.9.